The van der Waals surface area contributed by atoms with Gasteiger partial charge < -0.3 is 10.6 Å². The molecule has 3 aromatic carbocycles. The van der Waals surface area contributed by atoms with Crippen molar-refractivity contribution in [2.45, 2.75) is 12.6 Å². The van der Waals surface area contributed by atoms with Gasteiger partial charge in [-0.2, -0.15) is 0 Å². The molecule has 0 unspecified atom stereocenters. The summed E-state index contributed by atoms with van der Waals surface area (Å²) in [6.07, 6.45) is 0. The lowest BCUT2D eigenvalue weighted by molar-refractivity contribution is 0.102. The Bertz CT molecular complexity index is 1080. The lowest BCUT2D eigenvalue weighted by Gasteiger charge is -2.18. The Morgan fingerprint density at radius 1 is 0.867 bits per heavy atom. The van der Waals surface area contributed by atoms with Crippen molar-refractivity contribution in [3.8, 4) is 0 Å². The number of hydrogen-bond acceptors (Lipinski definition) is 3. The van der Waals surface area contributed by atoms with E-state index in [1.54, 1.807) is 11.3 Å². The van der Waals surface area contributed by atoms with Gasteiger partial charge in [-0.25, -0.2) is 4.39 Å². The molecule has 3 nitrogen and oxygen atoms in total. The normalized spacial score (nSPS) is 11.8. The summed E-state index contributed by atoms with van der Waals surface area (Å²) in [5.74, 6) is -0.378. The van der Waals surface area contributed by atoms with E-state index in [1.807, 2.05) is 78.2 Å². The molecule has 2 N–H and O–H groups in total. The van der Waals surface area contributed by atoms with Gasteiger partial charge in [0.05, 0.1) is 6.04 Å². The quantitative estimate of drug-likeness (QED) is 0.387. The van der Waals surface area contributed by atoms with Crippen molar-refractivity contribution in [1.82, 2.24) is 5.32 Å². The highest BCUT2D eigenvalue weighted by Gasteiger charge is 2.15. The first-order chi connectivity index (χ1) is 14.7. The Balaban J connectivity index is 1.43. The van der Waals surface area contributed by atoms with E-state index in [2.05, 4.69) is 16.7 Å². The first-order valence-corrected chi connectivity index (χ1v) is 10.5. The standard InChI is InChI=1S/C25H21FN2OS/c26-21-14-12-19(13-15-21)24(23-7-4-16-30-23)27-17-18-8-10-20(11-9-18)25(29)28-22-5-2-1-3-6-22/h1-16,24,27H,17H2,(H,28,29)/t24-/m0/s1. The monoisotopic (exact) mass is 416 g/mol. The summed E-state index contributed by atoms with van der Waals surface area (Å²) in [5, 5.41) is 8.47. The van der Waals surface area contributed by atoms with Crippen LogP contribution in [0.25, 0.3) is 0 Å². The van der Waals surface area contributed by atoms with E-state index in [-0.39, 0.29) is 17.8 Å². The van der Waals surface area contributed by atoms with Crippen molar-refractivity contribution >= 4 is 22.9 Å². The average Bonchev–Trinajstić information content (AvgIpc) is 3.31. The highest BCUT2D eigenvalue weighted by Crippen LogP contribution is 2.26. The number of nitrogens with one attached hydrogen (secondary N) is 2. The van der Waals surface area contributed by atoms with E-state index < -0.39 is 0 Å². The number of thiophene rings is 1. The Morgan fingerprint density at radius 2 is 1.60 bits per heavy atom. The van der Waals surface area contributed by atoms with Crippen molar-refractivity contribution in [3.05, 3.63) is 124 Å². The molecular weight excluding hydrogens is 395 g/mol. The molecule has 1 heterocycles. The van der Waals surface area contributed by atoms with Gasteiger partial charge in [0, 0.05) is 22.7 Å². The van der Waals surface area contributed by atoms with E-state index in [1.165, 1.54) is 17.0 Å². The average molecular weight is 417 g/mol. The van der Waals surface area contributed by atoms with Crippen molar-refractivity contribution in [2.75, 3.05) is 5.32 Å². The third-order valence-electron chi connectivity index (χ3n) is 4.79. The maximum absolute atomic E-state index is 13.3. The zero-order valence-electron chi connectivity index (χ0n) is 16.2. The third kappa shape index (κ3) is 5.00. The predicted molar refractivity (Wildman–Crippen MR) is 120 cm³/mol. The number of benzene rings is 3. The molecule has 150 valence electrons. The summed E-state index contributed by atoms with van der Waals surface area (Å²) >= 11 is 1.66. The van der Waals surface area contributed by atoms with Crippen molar-refractivity contribution < 1.29 is 9.18 Å². The molecule has 0 saturated heterocycles. The number of carbonyl (C=O) groups is 1. The first-order valence-electron chi connectivity index (χ1n) is 9.66. The van der Waals surface area contributed by atoms with Crippen LogP contribution in [0.15, 0.2) is 96.4 Å². The van der Waals surface area contributed by atoms with Gasteiger partial charge in [0.15, 0.2) is 0 Å². The maximum Gasteiger partial charge on any atom is 0.255 e. The van der Waals surface area contributed by atoms with Crippen LogP contribution in [0.5, 0.6) is 0 Å². The van der Waals surface area contributed by atoms with Crippen LogP contribution >= 0.6 is 11.3 Å². The van der Waals surface area contributed by atoms with Crippen molar-refractivity contribution in [2.24, 2.45) is 0 Å². The Hall–Kier alpha value is -3.28. The summed E-state index contributed by atoms with van der Waals surface area (Å²) in [4.78, 5) is 13.6. The van der Waals surface area contributed by atoms with Gasteiger partial charge in [-0.1, -0.05) is 48.5 Å². The minimum Gasteiger partial charge on any atom is -0.322 e. The van der Waals surface area contributed by atoms with Crippen LogP contribution in [0, 0.1) is 5.82 Å². The second kappa shape index (κ2) is 9.48. The minimum atomic E-state index is -0.243. The third-order valence-corrected chi connectivity index (χ3v) is 5.73. The number of hydrogen-bond donors (Lipinski definition) is 2. The SMILES string of the molecule is O=C(Nc1ccccc1)c1ccc(CN[C@@H](c2ccc(F)cc2)c2cccs2)cc1. The first kappa shape index (κ1) is 20.0. The summed E-state index contributed by atoms with van der Waals surface area (Å²) in [7, 11) is 0. The lowest BCUT2D eigenvalue weighted by atomic mass is 10.0. The predicted octanol–water partition coefficient (Wildman–Crippen LogP) is 6.02. The van der Waals surface area contributed by atoms with Gasteiger partial charge in [0.2, 0.25) is 0 Å². The van der Waals surface area contributed by atoms with Gasteiger partial charge in [0.25, 0.3) is 5.91 Å². The molecule has 1 atom stereocenters. The molecule has 0 spiro atoms. The fraction of sp³-hybridized carbons (Fsp3) is 0.0800. The number of anilines is 1. The van der Waals surface area contributed by atoms with Crippen LogP contribution in [0.4, 0.5) is 10.1 Å². The number of amides is 1. The van der Waals surface area contributed by atoms with Crippen LogP contribution in [0.1, 0.15) is 32.4 Å². The number of halogens is 1. The molecule has 30 heavy (non-hydrogen) atoms. The molecule has 0 radical (unpaired) electrons. The van der Waals surface area contributed by atoms with Gasteiger partial charge in [0.1, 0.15) is 5.82 Å². The summed E-state index contributed by atoms with van der Waals surface area (Å²) < 4.78 is 13.3. The Kier molecular flexibility index (Phi) is 6.32. The van der Waals surface area contributed by atoms with E-state index in [4.69, 9.17) is 0 Å². The maximum atomic E-state index is 13.3. The van der Waals surface area contributed by atoms with E-state index in [0.29, 0.717) is 12.1 Å². The van der Waals surface area contributed by atoms with Gasteiger partial charge >= 0.3 is 0 Å². The van der Waals surface area contributed by atoms with E-state index in [9.17, 15) is 9.18 Å². The largest absolute Gasteiger partial charge is 0.322 e. The zero-order valence-corrected chi connectivity index (χ0v) is 17.0. The second-order valence-corrected chi connectivity index (χ2v) is 7.88. The molecule has 4 aromatic rings. The molecule has 0 bridgehead atoms. The van der Waals surface area contributed by atoms with Crippen LogP contribution in [-0.4, -0.2) is 5.91 Å². The minimum absolute atomic E-state index is 0.0216. The summed E-state index contributed by atoms with van der Waals surface area (Å²) in [5.41, 5.74) is 3.45. The molecule has 0 aliphatic carbocycles. The molecule has 0 aliphatic heterocycles. The Labute approximate surface area is 179 Å². The molecule has 4 rings (SSSR count). The van der Waals surface area contributed by atoms with Crippen molar-refractivity contribution in [1.29, 1.82) is 0 Å². The zero-order chi connectivity index (χ0) is 20.8. The molecular formula is C25H21FN2OS. The van der Waals surface area contributed by atoms with Crippen LogP contribution < -0.4 is 10.6 Å². The number of rotatable bonds is 7. The highest BCUT2D eigenvalue weighted by molar-refractivity contribution is 7.10. The Morgan fingerprint density at radius 3 is 2.27 bits per heavy atom. The fourth-order valence-electron chi connectivity index (χ4n) is 3.21. The van der Waals surface area contributed by atoms with Crippen LogP contribution in [0.3, 0.4) is 0 Å². The number of para-hydroxylation sites is 1. The number of carbonyl (C=O) groups excluding carboxylic acids is 1. The second-order valence-electron chi connectivity index (χ2n) is 6.90. The molecule has 1 aromatic heterocycles. The highest BCUT2D eigenvalue weighted by atomic mass is 32.1. The van der Waals surface area contributed by atoms with Gasteiger partial charge in [-0.05, 0) is 59.0 Å². The molecule has 0 fully saturated rings. The van der Waals surface area contributed by atoms with Gasteiger partial charge in [-0.3, -0.25) is 4.79 Å². The molecule has 0 aliphatic rings. The molecule has 5 heteroatoms. The summed E-state index contributed by atoms with van der Waals surface area (Å²) in [6.45, 7) is 0.626. The smallest absolute Gasteiger partial charge is 0.255 e. The topological polar surface area (TPSA) is 41.1 Å². The van der Waals surface area contributed by atoms with Crippen molar-refractivity contribution in [3.63, 3.8) is 0 Å². The van der Waals surface area contributed by atoms with Crippen LogP contribution in [0.2, 0.25) is 0 Å². The fourth-order valence-corrected chi connectivity index (χ4v) is 4.04. The van der Waals surface area contributed by atoms with E-state index >= 15 is 0 Å². The van der Waals surface area contributed by atoms with Gasteiger partial charge in [-0.15, -0.1) is 11.3 Å². The lowest BCUT2D eigenvalue weighted by Crippen LogP contribution is -2.21. The summed E-state index contributed by atoms with van der Waals surface area (Å²) in [6, 6.07) is 27.6. The van der Waals surface area contributed by atoms with Crippen LogP contribution in [-0.2, 0) is 6.54 Å². The molecule has 0 saturated carbocycles. The molecule has 1 amide bonds. The van der Waals surface area contributed by atoms with E-state index in [0.717, 1.165) is 16.8 Å².